The molecule has 1 amide bonds. The van der Waals surface area contributed by atoms with Crippen LogP contribution in [0.1, 0.15) is 34.5 Å². The maximum absolute atomic E-state index is 13.4. The molecular weight excluding hydrogens is 452 g/mol. The van der Waals surface area contributed by atoms with E-state index in [-0.39, 0.29) is 24.9 Å². The van der Waals surface area contributed by atoms with Gasteiger partial charge < -0.3 is 19.5 Å². The fourth-order valence-corrected chi connectivity index (χ4v) is 3.89. The van der Waals surface area contributed by atoms with Crippen molar-refractivity contribution in [1.29, 1.82) is 0 Å². The maximum atomic E-state index is 13.4. The van der Waals surface area contributed by atoms with Crippen molar-refractivity contribution in [2.75, 3.05) is 27.4 Å². The van der Waals surface area contributed by atoms with Crippen molar-refractivity contribution in [3.63, 3.8) is 0 Å². The average Bonchev–Trinajstić information content (AvgIpc) is 3.40. The van der Waals surface area contributed by atoms with Crippen molar-refractivity contribution >= 4 is 5.91 Å². The molecule has 10 heteroatoms. The Kier molecular flexibility index (Phi) is 7.31. The van der Waals surface area contributed by atoms with Crippen LogP contribution in [0.25, 0.3) is 5.69 Å². The lowest BCUT2D eigenvalue weighted by Gasteiger charge is -2.15. The predicted molar refractivity (Wildman–Crippen MR) is 129 cm³/mol. The Morgan fingerprint density at radius 3 is 2.51 bits per heavy atom. The normalized spacial score (nSPS) is 15.1. The molecule has 1 fully saturated rings. The molecule has 0 saturated carbocycles. The summed E-state index contributed by atoms with van der Waals surface area (Å²) in [4.78, 5) is 39.6. The van der Waals surface area contributed by atoms with Crippen molar-refractivity contribution in [3.05, 3.63) is 80.1 Å². The van der Waals surface area contributed by atoms with E-state index in [4.69, 9.17) is 14.2 Å². The highest BCUT2D eigenvalue weighted by Crippen LogP contribution is 2.28. The Hall–Kier alpha value is -3.92. The minimum absolute atomic E-state index is 0.0141. The van der Waals surface area contributed by atoms with E-state index in [0.717, 1.165) is 33.2 Å². The van der Waals surface area contributed by atoms with Gasteiger partial charge in [0.25, 0.3) is 11.5 Å². The van der Waals surface area contributed by atoms with Crippen LogP contribution < -0.4 is 26.0 Å². The van der Waals surface area contributed by atoms with Crippen molar-refractivity contribution in [3.8, 4) is 17.2 Å². The molecule has 2 aromatic carbocycles. The zero-order chi connectivity index (χ0) is 24.9. The first-order valence-corrected chi connectivity index (χ1v) is 11.3. The number of nitrogens with zero attached hydrogens (tertiary/aromatic N) is 3. The van der Waals surface area contributed by atoms with Gasteiger partial charge in [-0.2, -0.15) is 9.78 Å². The lowest BCUT2D eigenvalue weighted by Crippen LogP contribution is -2.46. The van der Waals surface area contributed by atoms with Gasteiger partial charge in [-0.15, -0.1) is 0 Å². The van der Waals surface area contributed by atoms with Gasteiger partial charge in [-0.25, -0.2) is 4.79 Å². The highest BCUT2D eigenvalue weighted by molar-refractivity contribution is 5.91. The number of aryl methyl sites for hydroxylation is 1. The molecule has 1 saturated heterocycles. The van der Waals surface area contributed by atoms with Gasteiger partial charge in [-0.1, -0.05) is 29.8 Å². The Labute approximate surface area is 202 Å². The number of hydrogen-bond acceptors (Lipinski definition) is 7. The second-order valence-electron chi connectivity index (χ2n) is 8.30. The van der Waals surface area contributed by atoms with Gasteiger partial charge in [0, 0.05) is 19.2 Å². The van der Waals surface area contributed by atoms with Gasteiger partial charge in [0.05, 0.1) is 32.6 Å². The molecular formula is C25H28N4O6. The zero-order valence-electron chi connectivity index (χ0n) is 19.9. The summed E-state index contributed by atoms with van der Waals surface area (Å²) < 4.78 is 18.2. The number of hydrogen-bond donors (Lipinski definition) is 1. The molecule has 1 aromatic heterocycles. The van der Waals surface area contributed by atoms with E-state index in [1.807, 2.05) is 31.2 Å². The molecule has 2 heterocycles. The summed E-state index contributed by atoms with van der Waals surface area (Å²) in [6.07, 6.45) is 1.65. The van der Waals surface area contributed by atoms with Gasteiger partial charge in [0.1, 0.15) is 0 Å². The van der Waals surface area contributed by atoms with Crippen LogP contribution in [0.3, 0.4) is 0 Å². The number of amides is 1. The predicted octanol–water partition coefficient (Wildman–Crippen LogP) is 1.68. The van der Waals surface area contributed by atoms with E-state index in [2.05, 4.69) is 10.4 Å². The smallest absolute Gasteiger partial charge is 0.352 e. The van der Waals surface area contributed by atoms with Crippen LogP contribution in [0.2, 0.25) is 0 Å². The van der Waals surface area contributed by atoms with Crippen LogP contribution in [-0.2, 0) is 11.3 Å². The standard InChI is InChI=1S/C25H28N4O6/c1-16-6-8-17(9-7-16)15-28-24(31)22(23(30)26-14-19-5-4-12-35-19)27-29(25(28)32)18-10-11-20(33-2)21(13-18)34-3/h6-11,13,19H,4-5,12,14-15H2,1-3H3,(H,26,30). The number of rotatable bonds is 8. The van der Waals surface area contributed by atoms with Crippen LogP contribution in [0.5, 0.6) is 11.5 Å². The Balaban J connectivity index is 1.79. The first kappa shape index (κ1) is 24.2. The molecule has 3 aromatic rings. The number of carbonyl (C=O) groups excluding carboxylic acids is 1. The molecule has 1 N–H and O–H groups in total. The third-order valence-electron chi connectivity index (χ3n) is 5.86. The SMILES string of the molecule is COc1ccc(-n2nc(C(=O)NCC3CCCO3)c(=O)n(Cc3ccc(C)cc3)c2=O)cc1OC. The van der Waals surface area contributed by atoms with E-state index in [1.165, 1.54) is 14.2 Å². The van der Waals surface area contributed by atoms with Crippen molar-refractivity contribution < 1.29 is 19.0 Å². The molecule has 35 heavy (non-hydrogen) atoms. The molecule has 184 valence electrons. The topological polar surface area (TPSA) is 114 Å². The van der Waals surface area contributed by atoms with E-state index >= 15 is 0 Å². The Morgan fingerprint density at radius 2 is 1.86 bits per heavy atom. The van der Waals surface area contributed by atoms with Crippen LogP contribution >= 0.6 is 0 Å². The molecule has 0 aliphatic carbocycles. The summed E-state index contributed by atoms with van der Waals surface area (Å²) in [5.74, 6) is 0.170. The van der Waals surface area contributed by atoms with Gasteiger partial charge in [-0.05, 0) is 37.5 Å². The lowest BCUT2D eigenvalue weighted by molar-refractivity contribution is 0.0849. The number of nitrogens with one attached hydrogen (secondary N) is 1. The highest BCUT2D eigenvalue weighted by atomic mass is 16.5. The summed E-state index contributed by atoms with van der Waals surface area (Å²) in [6.45, 7) is 2.84. The summed E-state index contributed by atoms with van der Waals surface area (Å²) in [5.41, 5.74) is 0.275. The van der Waals surface area contributed by atoms with Gasteiger partial charge >= 0.3 is 5.69 Å². The largest absolute Gasteiger partial charge is 0.493 e. The summed E-state index contributed by atoms with van der Waals surface area (Å²) in [6, 6.07) is 12.2. The maximum Gasteiger partial charge on any atom is 0.352 e. The Morgan fingerprint density at radius 1 is 1.11 bits per heavy atom. The van der Waals surface area contributed by atoms with Gasteiger partial charge in [-0.3, -0.25) is 14.2 Å². The second kappa shape index (κ2) is 10.6. The summed E-state index contributed by atoms with van der Waals surface area (Å²) >= 11 is 0. The number of aromatic nitrogens is 3. The third kappa shape index (κ3) is 5.27. The Bertz CT molecular complexity index is 1320. The molecule has 4 rings (SSSR count). The molecule has 1 aliphatic heterocycles. The lowest BCUT2D eigenvalue weighted by atomic mass is 10.1. The summed E-state index contributed by atoms with van der Waals surface area (Å²) in [5, 5.41) is 6.88. The van der Waals surface area contributed by atoms with Crippen LogP contribution in [0.15, 0.2) is 52.1 Å². The van der Waals surface area contributed by atoms with Gasteiger partial charge in [0.15, 0.2) is 11.5 Å². The minimum atomic E-state index is -0.767. The van der Waals surface area contributed by atoms with Crippen LogP contribution in [-0.4, -0.2) is 53.7 Å². The molecule has 1 atom stereocenters. The zero-order valence-corrected chi connectivity index (χ0v) is 19.9. The second-order valence-corrected chi connectivity index (χ2v) is 8.30. The van der Waals surface area contributed by atoms with E-state index in [1.54, 1.807) is 18.2 Å². The van der Waals surface area contributed by atoms with Gasteiger partial charge in [0.2, 0.25) is 5.69 Å². The van der Waals surface area contributed by atoms with Crippen LogP contribution in [0, 0.1) is 6.92 Å². The third-order valence-corrected chi connectivity index (χ3v) is 5.86. The number of ether oxygens (including phenoxy) is 3. The molecule has 0 radical (unpaired) electrons. The number of methoxy groups -OCH3 is 2. The monoisotopic (exact) mass is 480 g/mol. The van der Waals surface area contributed by atoms with E-state index < -0.39 is 17.2 Å². The van der Waals surface area contributed by atoms with Crippen molar-refractivity contribution in [1.82, 2.24) is 19.7 Å². The van der Waals surface area contributed by atoms with E-state index in [9.17, 15) is 14.4 Å². The molecule has 0 bridgehead atoms. The molecule has 0 spiro atoms. The molecule has 1 aliphatic rings. The van der Waals surface area contributed by atoms with Crippen molar-refractivity contribution in [2.24, 2.45) is 0 Å². The fourth-order valence-electron chi connectivity index (χ4n) is 3.89. The molecule has 1 unspecified atom stereocenters. The molecule has 10 nitrogen and oxygen atoms in total. The van der Waals surface area contributed by atoms with Crippen molar-refractivity contribution in [2.45, 2.75) is 32.4 Å². The fraction of sp³-hybridized carbons (Fsp3) is 0.360. The first-order chi connectivity index (χ1) is 16.9. The quantitative estimate of drug-likeness (QED) is 0.522. The first-order valence-electron chi connectivity index (χ1n) is 11.3. The highest BCUT2D eigenvalue weighted by Gasteiger charge is 2.23. The number of benzene rings is 2. The average molecular weight is 481 g/mol. The summed E-state index contributed by atoms with van der Waals surface area (Å²) in [7, 11) is 2.97. The van der Waals surface area contributed by atoms with Crippen LogP contribution in [0.4, 0.5) is 0 Å². The minimum Gasteiger partial charge on any atom is -0.493 e. The number of carbonyl (C=O) groups is 1. The van der Waals surface area contributed by atoms with E-state index in [0.29, 0.717) is 23.8 Å².